The van der Waals surface area contributed by atoms with E-state index in [1.54, 1.807) is 11.0 Å². The van der Waals surface area contributed by atoms with E-state index in [9.17, 15) is 14.4 Å². The fraction of sp³-hybridized carbons (Fsp3) is 0.467. The largest absolute Gasteiger partial charge is 0.439 e. The molecule has 11 heteroatoms. The molecule has 2 aromatic rings. The number of benzene rings is 1. The maximum atomic E-state index is 13.6. The summed E-state index contributed by atoms with van der Waals surface area (Å²) in [4.78, 5) is 46.4. The van der Waals surface area contributed by atoms with Crippen LogP contribution in [0.3, 0.4) is 0 Å². The predicted octanol–water partition coefficient (Wildman–Crippen LogP) is 3.93. The quantitative estimate of drug-likeness (QED) is 0.394. The Hall–Kier alpha value is -3.57. The van der Waals surface area contributed by atoms with Crippen LogP contribution in [0.25, 0.3) is 0 Å². The molecule has 6 rings (SSSR count). The van der Waals surface area contributed by atoms with Gasteiger partial charge in [0.05, 0.1) is 27.7 Å². The first-order chi connectivity index (χ1) is 19.9. The summed E-state index contributed by atoms with van der Waals surface area (Å²) in [6.07, 6.45) is 4.86. The molecule has 4 aliphatic rings. The summed E-state index contributed by atoms with van der Waals surface area (Å²) in [5.74, 6) is 0.908. The van der Waals surface area contributed by atoms with E-state index in [0.717, 1.165) is 44.3 Å². The second-order valence-corrected chi connectivity index (χ2v) is 12.1. The van der Waals surface area contributed by atoms with Gasteiger partial charge in [-0.2, -0.15) is 0 Å². The van der Waals surface area contributed by atoms with E-state index in [1.165, 1.54) is 11.8 Å². The van der Waals surface area contributed by atoms with Crippen LogP contribution in [0.15, 0.2) is 53.1 Å². The smallest absolute Gasteiger partial charge is 0.326 e. The summed E-state index contributed by atoms with van der Waals surface area (Å²) in [6.45, 7) is 4.45. The fourth-order valence-electron chi connectivity index (χ4n) is 6.37. The van der Waals surface area contributed by atoms with Gasteiger partial charge >= 0.3 is 6.03 Å². The Kier molecular flexibility index (Phi) is 7.90. The third kappa shape index (κ3) is 5.52. The number of para-hydroxylation sites is 1. The third-order valence-corrected chi connectivity index (χ3v) is 9.71. The van der Waals surface area contributed by atoms with Crippen molar-refractivity contribution in [1.82, 2.24) is 26.3 Å². The number of pyridine rings is 1. The molecule has 2 saturated heterocycles. The lowest BCUT2D eigenvalue weighted by Crippen LogP contribution is -2.62. The normalized spacial score (nSPS) is 27.1. The number of aryl methyl sites for hydroxylation is 1. The minimum Gasteiger partial charge on any atom is -0.439 e. The number of ether oxygens (including phenoxy) is 1. The van der Waals surface area contributed by atoms with Gasteiger partial charge in [0.15, 0.2) is 0 Å². The van der Waals surface area contributed by atoms with Crippen molar-refractivity contribution in [2.45, 2.75) is 75.9 Å². The minimum absolute atomic E-state index is 0.00411. The molecule has 41 heavy (non-hydrogen) atoms. The summed E-state index contributed by atoms with van der Waals surface area (Å²) in [6, 6.07) is 12.5. The molecule has 1 aromatic carbocycles. The van der Waals surface area contributed by atoms with Gasteiger partial charge in [0.1, 0.15) is 5.75 Å². The van der Waals surface area contributed by atoms with E-state index in [0.29, 0.717) is 34.3 Å². The molecular weight excluding hydrogens is 540 g/mol. The molecular formula is C30H36N6O4S. The number of rotatable bonds is 7. The van der Waals surface area contributed by atoms with Gasteiger partial charge in [-0.15, -0.1) is 0 Å². The molecule has 0 radical (unpaired) electrons. The highest BCUT2D eigenvalue weighted by atomic mass is 32.2. The highest BCUT2D eigenvalue weighted by Gasteiger charge is 2.52. The zero-order chi connectivity index (χ0) is 28.5. The number of aromatic nitrogens is 1. The monoisotopic (exact) mass is 576 g/mol. The molecule has 1 aliphatic carbocycles. The van der Waals surface area contributed by atoms with Crippen molar-refractivity contribution in [3.63, 3.8) is 0 Å². The van der Waals surface area contributed by atoms with E-state index in [-0.39, 0.29) is 47.3 Å². The van der Waals surface area contributed by atoms with Crippen LogP contribution in [0.5, 0.6) is 11.6 Å². The van der Waals surface area contributed by atoms with E-state index in [4.69, 9.17) is 4.74 Å². The van der Waals surface area contributed by atoms with Gasteiger partial charge in [-0.1, -0.05) is 49.7 Å². The fourth-order valence-corrected chi connectivity index (χ4v) is 7.77. The van der Waals surface area contributed by atoms with Crippen molar-refractivity contribution in [2.24, 2.45) is 5.92 Å². The van der Waals surface area contributed by atoms with Gasteiger partial charge in [-0.25, -0.2) is 9.78 Å². The first-order valence-electron chi connectivity index (χ1n) is 14.5. The summed E-state index contributed by atoms with van der Waals surface area (Å²) in [5, 5.41) is 12.9. The van der Waals surface area contributed by atoms with Crippen LogP contribution in [0.2, 0.25) is 0 Å². The molecule has 0 spiro atoms. The first-order valence-corrected chi connectivity index (χ1v) is 15.4. The average Bonchev–Trinajstić information content (AvgIpc) is 3.35. The van der Waals surface area contributed by atoms with Crippen molar-refractivity contribution < 1.29 is 19.1 Å². The van der Waals surface area contributed by atoms with Crippen LogP contribution in [0.1, 0.15) is 51.1 Å². The van der Waals surface area contributed by atoms with Crippen molar-refractivity contribution in [1.29, 1.82) is 0 Å². The van der Waals surface area contributed by atoms with Crippen molar-refractivity contribution in [3.05, 3.63) is 58.8 Å². The number of nitrogens with one attached hydrogen (secondary N) is 4. The van der Waals surface area contributed by atoms with Crippen molar-refractivity contribution >= 4 is 35.3 Å². The molecule has 5 atom stereocenters. The van der Waals surface area contributed by atoms with E-state index in [1.807, 2.05) is 50.2 Å². The second-order valence-electron chi connectivity index (χ2n) is 11.0. The number of thioether (sulfide) groups is 1. The number of nitrogens with zero attached hydrogens (tertiary/aromatic N) is 2. The lowest BCUT2D eigenvalue weighted by atomic mass is 9.86. The number of hydrogen-bond acceptors (Lipinski definition) is 7. The SMILES string of the molecule is CCC(=O)N[C@H]1CCCC[C@H]1NC(=O)C1=C2NC(=O)N(c3ccc(Oc4ccccc4)nc3C)C3CCNC(S1)C23. The van der Waals surface area contributed by atoms with Gasteiger partial charge in [0, 0.05) is 36.2 Å². The Balaban J connectivity index is 1.22. The Morgan fingerprint density at radius 2 is 1.83 bits per heavy atom. The Bertz CT molecular complexity index is 1370. The summed E-state index contributed by atoms with van der Waals surface area (Å²) >= 11 is 1.49. The van der Waals surface area contributed by atoms with Crippen LogP contribution in [-0.4, -0.2) is 52.9 Å². The van der Waals surface area contributed by atoms with Crippen LogP contribution in [0, 0.1) is 12.8 Å². The number of urea groups is 1. The van der Waals surface area contributed by atoms with Gasteiger partial charge in [0.2, 0.25) is 11.8 Å². The molecule has 4 heterocycles. The highest BCUT2D eigenvalue weighted by molar-refractivity contribution is 8.04. The molecule has 216 valence electrons. The van der Waals surface area contributed by atoms with E-state index in [2.05, 4.69) is 26.3 Å². The van der Waals surface area contributed by atoms with Gasteiger partial charge < -0.3 is 26.0 Å². The van der Waals surface area contributed by atoms with Crippen LogP contribution in [0.4, 0.5) is 10.5 Å². The topological polar surface area (TPSA) is 125 Å². The maximum Gasteiger partial charge on any atom is 0.326 e. The van der Waals surface area contributed by atoms with Crippen molar-refractivity contribution in [2.75, 3.05) is 11.4 Å². The van der Waals surface area contributed by atoms with Gasteiger partial charge in [-0.05, 0) is 50.9 Å². The van der Waals surface area contributed by atoms with Gasteiger partial charge in [0.25, 0.3) is 5.91 Å². The summed E-state index contributed by atoms with van der Waals surface area (Å²) < 4.78 is 5.90. The first kappa shape index (κ1) is 27.6. The minimum atomic E-state index is -0.262. The Morgan fingerprint density at radius 3 is 2.56 bits per heavy atom. The number of carbonyl (C=O) groups is 3. The highest BCUT2D eigenvalue weighted by Crippen LogP contribution is 2.48. The summed E-state index contributed by atoms with van der Waals surface area (Å²) in [7, 11) is 0. The summed E-state index contributed by atoms with van der Waals surface area (Å²) in [5.41, 5.74) is 2.11. The lowest BCUT2D eigenvalue weighted by molar-refractivity contribution is -0.123. The number of anilines is 1. The molecule has 3 unspecified atom stereocenters. The number of hydrogen-bond donors (Lipinski definition) is 4. The average molecular weight is 577 g/mol. The van der Waals surface area contributed by atoms with Crippen molar-refractivity contribution in [3.8, 4) is 11.6 Å². The standard InChI is InChI=1S/C30H36N6O4S/c1-3-23(37)33-19-11-7-8-12-20(19)34-28(38)27-26-25-22(15-16-31-29(25)41-27)36(30(39)35-26)21-13-14-24(32-17(21)2)40-18-9-5-4-6-10-18/h4-6,9-10,13-14,19-20,22,25,29,31H,3,7-8,11-12,15-16H2,1-2H3,(H,33,37)(H,34,38)(H,35,39)/t19-,20+,22?,25?,29?/m0/s1. The van der Waals surface area contributed by atoms with E-state index < -0.39 is 0 Å². The zero-order valence-electron chi connectivity index (χ0n) is 23.3. The molecule has 10 nitrogen and oxygen atoms in total. The Labute approximate surface area is 244 Å². The van der Waals surface area contributed by atoms with Crippen LogP contribution in [-0.2, 0) is 9.59 Å². The molecule has 4 amide bonds. The number of amides is 4. The molecule has 3 aliphatic heterocycles. The molecule has 0 bridgehead atoms. The number of piperidine rings is 1. The molecule has 1 saturated carbocycles. The molecule has 3 fully saturated rings. The second kappa shape index (κ2) is 11.7. The van der Waals surface area contributed by atoms with Crippen LogP contribution >= 0.6 is 11.8 Å². The molecule has 1 aromatic heterocycles. The molecule has 4 N–H and O–H groups in total. The maximum absolute atomic E-state index is 13.6. The number of carbonyl (C=O) groups excluding carboxylic acids is 3. The van der Waals surface area contributed by atoms with Gasteiger partial charge in [-0.3, -0.25) is 14.5 Å². The third-order valence-electron chi connectivity index (χ3n) is 8.35. The van der Waals surface area contributed by atoms with Crippen LogP contribution < -0.4 is 30.9 Å². The van der Waals surface area contributed by atoms with E-state index >= 15 is 0 Å². The zero-order valence-corrected chi connectivity index (χ0v) is 24.1. The predicted molar refractivity (Wildman–Crippen MR) is 157 cm³/mol. The Morgan fingerprint density at radius 1 is 1.07 bits per heavy atom. The lowest BCUT2D eigenvalue weighted by Gasteiger charge is -2.46.